The number of hydrogen-bond donors (Lipinski definition) is 4. The summed E-state index contributed by atoms with van der Waals surface area (Å²) >= 11 is 0. The molecule has 2 saturated carbocycles. The Bertz CT molecular complexity index is 772. The largest absolute Gasteiger partial charge is 0.396 e. The summed E-state index contributed by atoms with van der Waals surface area (Å²) in [6.07, 6.45) is 4.51. The smallest absolute Gasteiger partial charge is 0.165 e. The van der Waals surface area contributed by atoms with Crippen LogP contribution in [0.5, 0.6) is 0 Å². The monoisotopic (exact) mass is 462 g/mol. The van der Waals surface area contributed by atoms with Crippen molar-refractivity contribution in [3.05, 3.63) is 23.8 Å². The van der Waals surface area contributed by atoms with Crippen LogP contribution in [0.3, 0.4) is 0 Å². The van der Waals surface area contributed by atoms with Crippen LogP contribution in [0.25, 0.3) is 0 Å². The highest BCUT2D eigenvalue weighted by Gasteiger charge is 2.57. The molecule has 0 bridgehead atoms. The van der Waals surface area contributed by atoms with E-state index >= 15 is 0 Å². The van der Waals surface area contributed by atoms with Gasteiger partial charge in [-0.25, -0.2) is 0 Å². The number of Topliss-reactive ketones (excluding diaryl/α,β-unsaturated/α-hetero) is 1. The van der Waals surface area contributed by atoms with Gasteiger partial charge >= 0.3 is 0 Å². The lowest BCUT2D eigenvalue weighted by molar-refractivity contribution is -0.138. The Balaban J connectivity index is 1.90. The summed E-state index contributed by atoms with van der Waals surface area (Å²) in [5.74, 6) is 0.307. The molecule has 0 aromatic carbocycles. The van der Waals surface area contributed by atoms with E-state index in [0.29, 0.717) is 43.6 Å². The molecule has 0 aromatic rings. The Labute approximate surface area is 200 Å². The Morgan fingerprint density at radius 3 is 2.45 bits per heavy atom. The van der Waals surface area contributed by atoms with Crippen molar-refractivity contribution in [1.29, 1.82) is 0 Å². The highest BCUT2D eigenvalue weighted by molar-refractivity contribution is 6.01. The van der Waals surface area contributed by atoms with E-state index in [0.717, 1.165) is 18.4 Å². The number of hydrogen-bond acceptors (Lipinski definition) is 5. The number of aliphatic hydroxyl groups excluding tert-OH is 4. The van der Waals surface area contributed by atoms with Gasteiger partial charge in [0.25, 0.3) is 0 Å². The zero-order valence-corrected chi connectivity index (χ0v) is 21.3. The molecule has 3 rings (SSSR count). The van der Waals surface area contributed by atoms with Gasteiger partial charge in [0.05, 0.1) is 18.3 Å². The van der Waals surface area contributed by atoms with E-state index in [9.17, 15) is 25.2 Å². The number of allylic oxidation sites excluding steroid dienone is 1. The van der Waals surface area contributed by atoms with Crippen LogP contribution in [0, 0.1) is 40.4 Å². The summed E-state index contributed by atoms with van der Waals surface area (Å²) in [6.45, 7) is 14.5. The second-order valence-electron chi connectivity index (χ2n) is 12.1. The molecule has 188 valence electrons. The second-order valence-corrected chi connectivity index (χ2v) is 12.1. The van der Waals surface area contributed by atoms with E-state index in [4.69, 9.17) is 0 Å². The van der Waals surface area contributed by atoms with Crippen LogP contribution >= 0.6 is 0 Å². The third-order valence-corrected chi connectivity index (χ3v) is 9.85. The number of carbonyl (C=O) groups excluding carboxylic acids is 1. The minimum Gasteiger partial charge on any atom is -0.396 e. The quantitative estimate of drug-likeness (QED) is 0.408. The van der Waals surface area contributed by atoms with Gasteiger partial charge in [0.2, 0.25) is 0 Å². The Kier molecular flexibility index (Phi) is 8.00. The number of fused-ring (bicyclic) bond motifs is 1. The number of carbonyl (C=O) groups is 1. The van der Waals surface area contributed by atoms with E-state index in [2.05, 4.69) is 34.3 Å². The topological polar surface area (TPSA) is 98.0 Å². The third-order valence-electron chi connectivity index (χ3n) is 9.85. The Morgan fingerprint density at radius 1 is 1.18 bits per heavy atom. The van der Waals surface area contributed by atoms with Gasteiger partial charge in [-0.05, 0) is 85.7 Å². The van der Waals surface area contributed by atoms with Crippen molar-refractivity contribution < 1.29 is 25.2 Å². The second kappa shape index (κ2) is 9.93. The minimum absolute atomic E-state index is 0.0134. The van der Waals surface area contributed by atoms with Crippen LogP contribution < -0.4 is 0 Å². The van der Waals surface area contributed by atoms with E-state index in [-0.39, 0.29) is 41.5 Å². The summed E-state index contributed by atoms with van der Waals surface area (Å²) in [5, 5.41) is 42.2. The van der Waals surface area contributed by atoms with Gasteiger partial charge in [-0.2, -0.15) is 0 Å². The molecule has 3 aliphatic carbocycles. The third kappa shape index (κ3) is 4.76. The molecular formula is C28H46O5. The maximum absolute atomic E-state index is 13.9. The van der Waals surface area contributed by atoms with Gasteiger partial charge in [-0.15, -0.1) is 0 Å². The summed E-state index contributed by atoms with van der Waals surface area (Å²) in [6, 6.07) is 0. The first kappa shape index (κ1) is 26.6. The maximum atomic E-state index is 13.9. The van der Waals surface area contributed by atoms with Crippen molar-refractivity contribution in [3.8, 4) is 0 Å². The first-order valence-electron chi connectivity index (χ1n) is 13.0. The summed E-state index contributed by atoms with van der Waals surface area (Å²) in [4.78, 5) is 13.9. The van der Waals surface area contributed by atoms with Gasteiger partial charge in [0, 0.05) is 17.9 Å². The predicted octanol–water partition coefficient (Wildman–Crippen LogP) is 4.04. The van der Waals surface area contributed by atoms with Crippen LogP contribution in [0.15, 0.2) is 23.8 Å². The molecule has 0 aliphatic heterocycles. The highest BCUT2D eigenvalue weighted by atomic mass is 16.3. The van der Waals surface area contributed by atoms with Crippen LogP contribution in [0.2, 0.25) is 0 Å². The normalized spacial score (nSPS) is 41.0. The molecule has 0 amide bonds. The van der Waals surface area contributed by atoms with Crippen molar-refractivity contribution in [3.63, 3.8) is 0 Å². The van der Waals surface area contributed by atoms with Gasteiger partial charge < -0.3 is 20.4 Å². The minimum atomic E-state index is -0.743. The summed E-state index contributed by atoms with van der Waals surface area (Å²) in [5.41, 5.74) is 0.761. The molecule has 5 heteroatoms. The molecule has 5 nitrogen and oxygen atoms in total. The lowest BCUT2D eigenvalue weighted by Gasteiger charge is -2.49. The van der Waals surface area contributed by atoms with Gasteiger partial charge in [-0.1, -0.05) is 46.8 Å². The van der Waals surface area contributed by atoms with E-state index in [1.54, 1.807) is 6.08 Å². The average Bonchev–Trinajstić information content (AvgIpc) is 3.08. The molecule has 3 aliphatic rings. The van der Waals surface area contributed by atoms with E-state index in [1.165, 1.54) is 0 Å². The van der Waals surface area contributed by atoms with Gasteiger partial charge in [0.15, 0.2) is 5.78 Å². The molecule has 33 heavy (non-hydrogen) atoms. The van der Waals surface area contributed by atoms with Crippen molar-refractivity contribution in [2.24, 2.45) is 40.4 Å². The molecule has 0 saturated heterocycles. The van der Waals surface area contributed by atoms with Crippen molar-refractivity contribution in [1.82, 2.24) is 0 Å². The zero-order valence-electron chi connectivity index (χ0n) is 21.3. The van der Waals surface area contributed by atoms with Crippen LogP contribution in [0.1, 0.15) is 79.6 Å². The molecule has 0 unspecified atom stereocenters. The van der Waals surface area contributed by atoms with E-state index < -0.39 is 23.7 Å². The lowest BCUT2D eigenvalue weighted by atomic mass is 9.55. The first-order valence-corrected chi connectivity index (χ1v) is 13.0. The SMILES string of the molecule is C=C(C[C@H](O)[C@@H](C)[C@H]1CC[C@@H](C2=C[C@H](O)[C@H]3C[C@@H](O)CC[C@]3(C)C2=O)[C@]1(C)CCO)C(C)C. The fourth-order valence-electron chi connectivity index (χ4n) is 7.30. The molecule has 0 spiro atoms. The Hall–Kier alpha value is -1.01. The summed E-state index contributed by atoms with van der Waals surface area (Å²) in [7, 11) is 0. The predicted molar refractivity (Wildman–Crippen MR) is 130 cm³/mol. The molecule has 2 fully saturated rings. The fourth-order valence-corrected chi connectivity index (χ4v) is 7.30. The summed E-state index contributed by atoms with van der Waals surface area (Å²) < 4.78 is 0. The molecule has 9 atom stereocenters. The number of aliphatic hydroxyl groups is 4. The lowest BCUT2D eigenvalue weighted by Crippen LogP contribution is -2.52. The highest BCUT2D eigenvalue weighted by Crippen LogP contribution is 2.59. The molecule has 0 heterocycles. The van der Waals surface area contributed by atoms with Crippen LogP contribution in [-0.4, -0.2) is 51.1 Å². The molecule has 4 N–H and O–H groups in total. The van der Waals surface area contributed by atoms with Gasteiger partial charge in [-0.3, -0.25) is 4.79 Å². The molecule has 0 aromatic heterocycles. The standard InChI is InChI=1S/C28H46O5/c1-16(2)17(3)13-24(31)18(4)21-7-8-22(27(21,5)11-12-29)20-15-25(32)23-14-19(30)9-10-28(23,6)26(20)33/h15-16,18-19,21-25,29-32H,3,7-14H2,1-2,4-6H3/t18-,19-,21+,22-,23+,24-,25-,27+,28-/m0/s1. The van der Waals surface area contributed by atoms with Crippen molar-refractivity contribution in [2.45, 2.75) is 97.9 Å². The fraction of sp³-hybridized carbons (Fsp3) is 0.821. The first-order chi connectivity index (χ1) is 15.4. The zero-order chi connectivity index (χ0) is 24.7. The van der Waals surface area contributed by atoms with Crippen LogP contribution in [0.4, 0.5) is 0 Å². The van der Waals surface area contributed by atoms with Crippen molar-refractivity contribution >= 4 is 5.78 Å². The number of ketones is 1. The average molecular weight is 463 g/mol. The Morgan fingerprint density at radius 2 is 1.85 bits per heavy atom. The maximum Gasteiger partial charge on any atom is 0.165 e. The van der Waals surface area contributed by atoms with Crippen LogP contribution in [-0.2, 0) is 4.79 Å². The molecule has 0 radical (unpaired) electrons. The number of rotatable bonds is 8. The van der Waals surface area contributed by atoms with Crippen molar-refractivity contribution in [2.75, 3.05) is 6.61 Å². The van der Waals surface area contributed by atoms with Gasteiger partial charge in [0.1, 0.15) is 0 Å². The van der Waals surface area contributed by atoms with E-state index in [1.807, 2.05) is 6.92 Å². The molecular weight excluding hydrogens is 416 g/mol.